The van der Waals surface area contributed by atoms with E-state index < -0.39 is 12.0 Å². The molecule has 21 heavy (non-hydrogen) atoms. The van der Waals surface area contributed by atoms with Gasteiger partial charge in [-0.1, -0.05) is 6.07 Å². The van der Waals surface area contributed by atoms with E-state index in [0.29, 0.717) is 11.4 Å². The van der Waals surface area contributed by atoms with Crippen molar-refractivity contribution in [3.8, 4) is 5.75 Å². The lowest BCUT2D eigenvalue weighted by Gasteiger charge is -2.33. The Balaban J connectivity index is 2.04. The van der Waals surface area contributed by atoms with Crippen LogP contribution in [0.1, 0.15) is 16.3 Å². The second kappa shape index (κ2) is 4.77. The molecule has 0 radical (unpaired) electrons. The standard InChI is InChI=1S/C14H12F2N2O2S/c1-8-3-4-12-11(5-8)18(13(19)14(15,16)20-12)6-10-7-21-9(2)17-10/h3-5,7H,6H2,1-2H3. The number of halogens is 2. The predicted molar refractivity (Wildman–Crippen MR) is 74.8 cm³/mol. The first-order valence-electron chi connectivity index (χ1n) is 6.27. The Labute approximate surface area is 124 Å². The minimum atomic E-state index is -3.85. The van der Waals surface area contributed by atoms with E-state index in [9.17, 15) is 13.6 Å². The minimum absolute atomic E-state index is 0.00141. The van der Waals surface area contributed by atoms with Gasteiger partial charge >= 0.3 is 12.0 Å². The van der Waals surface area contributed by atoms with Gasteiger partial charge in [0.2, 0.25) is 0 Å². The van der Waals surface area contributed by atoms with E-state index >= 15 is 0 Å². The van der Waals surface area contributed by atoms with Gasteiger partial charge in [0.25, 0.3) is 0 Å². The Kier molecular flexibility index (Phi) is 3.16. The molecule has 0 unspecified atom stereocenters. The zero-order valence-corrected chi connectivity index (χ0v) is 12.2. The molecule has 2 heterocycles. The molecule has 2 aromatic rings. The lowest BCUT2D eigenvalue weighted by molar-refractivity contribution is -0.193. The van der Waals surface area contributed by atoms with Gasteiger partial charge in [-0.05, 0) is 31.5 Å². The summed E-state index contributed by atoms with van der Waals surface area (Å²) in [4.78, 5) is 17.2. The number of anilines is 1. The minimum Gasteiger partial charge on any atom is -0.423 e. The average Bonchev–Trinajstić information content (AvgIpc) is 2.81. The molecule has 4 nitrogen and oxygen atoms in total. The molecule has 0 atom stereocenters. The second-order valence-electron chi connectivity index (χ2n) is 4.84. The number of thiazole rings is 1. The summed E-state index contributed by atoms with van der Waals surface area (Å²) in [5.41, 5.74) is 1.78. The van der Waals surface area contributed by atoms with Gasteiger partial charge in [-0.3, -0.25) is 9.69 Å². The number of hydrogen-bond acceptors (Lipinski definition) is 4. The normalized spacial score (nSPS) is 16.6. The fourth-order valence-electron chi connectivity index (χ4n) is 2.17. The van der Waals surface area contributed by atoms with Gasteiger partial charge in [0.05, 0.1) is 22.9 Å². The quantitative estimate of drug-likeness (QED) is 0.855. The van der Waals surface area contributed by atoms with Crippen molar-refractivity contribution in [1.82, 2.24) is 4.98 Å². The van der Waals surface area contributed by atoms with E-state index in [2.05, 4.69) is 9.72 Å². The molecule has 110 valence electrons. The van der Waals surface area contributed by atoms with Gasteiger partial charge in [-0.2, -0.15) is 8.78 Å². The lowest BCUT2D eigenvalue weighted by Crippen LogP contribution is -2.50. The summed E-state index contributed by atoms with van der Waals surface area (Å²) in [5.74, 6) is -1.37. The number of alkyl halides is 2. The molecule has 0 saturated carbocycles. The largest absolute Gasteiger partial charge is 0.482 e. The number of aryl methyl sites for hydroxylation is 2. The third-order valence-corrected chi connectivity index (χ3v) is 3.95. The molecule has 1 aliphatic heterocycles. The number of carbonyl (C=O) groups is 1. The maximum Gasteiger partial charge on any atom is 0.482 e. The molecule has 7 heteroatoms. The number of ether oxygens (including phenoxy) is 1. The van der Waals surface area contributed by atoms with Crippen LogP contribution in [0.25, 0.3) is 0 Å². The van der Waals surface area contributed by atoms with Crippen LogP contribution in [0.15, 0.2) is 23.6 Å². The Hall–Kier alpha value is -2.02. The highest BCUT2D eigenvalue weighted by molar-refractivity contribution is 7.09. The first-order valence-corrected chi connectivity index (χ1v) is 7.15. The number of aromatic nitrogens is 1. The average molecular weight is 310 g/mol. The molecule has 3 rings (SSSR count). The summed E-state index contributed by atoms with van der Waals surface area (Å²) in [7, 11) is 0. The molecule has 0 N–H and O–H groups in total. The molecule has 0 spiro atoms. The Morgan fingerprint density at radius 2 is 2.14 bits per heavy atom. The molecular formula is C14H12F2N2O2S. The van der Waals surface area contributed by atoms with E-state index in [1.807, 2.05) is 13.8 Å². The van der Waals surface area contributed by atoms with Crippen LogP contribution in [-0.2, 0) is 11.3 Å². The van der Waals surface area contributed by atoms with Gasteiger partial charge in [-0.15, -0.1) is 11.3 Å². The molecule has 1 aromatic heterocycles. The lowest BCUT2D eigenvalue weighted by atomic mass is 10.1. The molecule has 1 amide bonds. The van der Waals surface area contributed by atoms with E-state index in [4.69, 9.17) is 0 Å². The van der Waals surface area contributed by atoms with Gasteiger partial charge in [-0.25, -0.2) is 4.98 Å². The highest BCUT2D eigenvalue weighted by atomic mass is 32.1. The molecular weight excluding hydrogens is 298 g/mol. The highest BCUT2D eigenvalue weighted by Crippen LogP contribution is 2.40. The van der Waals surface area contributed by atoms with Crippen molar-refractivity contribution in [2.24, 2.45) is 0 Å². The number of rotatable bonds is 2. The molecule has 0 saturated heterocycles. The smallest absolute Gasteiger partial charge is 0.423 e. The van der Waals surface area contributed by atoms with E-state index in [0.717, 1.165) is 15.5 Å². The Bertz CT molecular complexity index is 715. The van der Waals surface area contributed by atoms with Crippen molar-refractivity contribution in [3.05, 3.63) is 39.8 Å². The number of amides is 1. The van der Waals surface area contributed by atoms with Crippen LogP contribution in [0, 0.1) is 13.8 Å². The first-order chi connectivity index (χ1) is 9.87. The van der Waals surface area contributed by atoms with Crippen molar-refractivity contribution < 1.29 is 18.3 Å². The van der Waals surface area contributed by atoms with Crippen molar-refractivity contribution in [2.75, 3.05) is 4.90 Å². The number of fused-ring (bicyclic) bond motifs is 1. The molecule has 0 aliphatic carbocycles. The number of carbonyl (C=O) groups excluding carboxylic acids is 1. The molecule has 1 aliphatic rings. The van der Waals surface area contributed by atoms with Gasteiger partial charge in [0, 0.05) is 5.38 Å². The fraction of sp³-hybridized carbons (Fsp3) is 0.286. The highest BCUT2D eigenvalue weighted by Gasteiger charge is 2.50. The third kappa shape index (κ3) is 2.49. The maximum absolute atomic E-state index is 13.7. The Morgan fingerprint density at radius 1 is 1.38 bits per heavy atom. The summed E-state index contributed by atoms with van der Waals surface area (Å²) in [6, 6.07) is 4.77. The van der Waals surface area contributed by atoms with Gasteiger partial charge in [0.1, 0.15) is 0 Å². The summed E-state index contributed by atoms with van der Waals surface area (Å²) < 4.78 is 31.9. The summed E-state index contributed by atoms with van der Waals surface area (Å²) in [5, 5.41) is 2.58. The third-order valence-electron chi connectivity index (χ3n) is 3.12. The Morgan fingerprint density at radius 3 is 2.81 bits per heavy atom. The number of benzene rings is 1. The maximum atomic E-state index is 13.7. The van der Waals surface area contributed by atoms with Crippen molar-refractivity contribution in [2.45, 2.75) is 26.5 Å². The van der Waals surface area contributed by atoms with Crippen LogP contribution in [0.4, 0.5) is 14.5 Å². The summed E-state index contributed by atoms with van der Waals surface area (Å²) in [6.45, 7) is 3.64. The topological polar surface area (TPSA) is 42.4 Å². The number of nitrogens with zero attached hydrogens (tertiary/aromatic N) is 2. The molecule has 0 fully saturated rings. The predicted octanol–water partition coefficient (Wildman–Crippen LogP) is 3.28. The van der Waals surface area contributed by atoms with Crippen LogP contribution < -0.4 is 9.64 Å². The zero-order chi connectivity index (χ0) is 15.2. The first kappa shape index (κ1) is 13.9. The molecule has 0 bridgehead atoms. The van der Waals surface area contributed by atoms with E-state index in [1.54, 1.807) is 17.5 Å². The van der Waals surface area contributed by atoms with Gasteiger partial charge < -0.3 is 4.74 Å². The summed E-state index contributed by atoms with van der Waals surface area (Å²) in [6.07, 6.45) is -3.85. The van der Waals surface area contributed by atoms with Crippen LogP contribution >= 0.6 is 11.3 Å². The van der Waals surface area contributed by atoms with E-state index in [1.165, 1.54) is 17.4 Å². The van der Waals surface area contributed by atoms with Crippen LogP contribution in [0.5, 0.6) is 5.75 Å². The van der Waals surface area contributed by atoms with Gasteiger partial charge in [0.15, 0.2) is 5.75 Å². The fourth-order valence-corrected chi connectivity index (χ4v) is 2.78. The van der Waals surface area contributed by atoms with Crippen LogP contribution in [-0.4, -0.2) is 17.0 Å². The van der Waals surface area contributed by atoms with E-state index in [-0.39, 0.29) is 12.3 Å². The van der Waals surface area contributed by atoms with Crippen molar-refractivity contribution in [1.29, 1.82) is 0 Å². The zero-order valence-electron chi connectivity index (χ0n) is 11.4. The van der Waals surface area contributed by atoms with Crippen LogP contribution in [0.2, 0.25) is 0 Å². The van der Waals surface area contributed by atoms with Crippen molar-refractivity contribution >= 4 is 22.9 Å². The second-order valence-corrected chi connectivity index (χ2v) is 5.90. The van der Waals surface area contributed by atoms with Crippen LogP contribution in [0.3, 0.4) is 0 Å². The summed E-state index contributed by atoms with van der Waals surface area (Å²) >= 11 is 1.41. The monoisotopic (exact) mass is 310 g/mol. The molecule has 1 aromatic carbocycles. The SMILES string of the molecule is Cc1ccc2c(c1)N(Cc1csc(C)n1)C(=O)C(F)(F)O2. The number of hydrogen-bond donors (Lipinski definition) is 0. The van der Waals surface area contributed by atoms with Crippen molar-refractivity contribution in [3.63, 3.8) is 0 Å².